The van der Waals surface area contributed by atoms with Crippen molar-refractivity contribution in [3.05, 3.63) is 0 Å². The highest BCUT2D eigenvalue weighted by Gasteiger charge is 2.50. The number of halogens is 3. The van der Waals surface area contributed by atoms with Gasteiger partial charge < -0.3 is 11.1 Å². The molecule has 0 amide bonds. The van der Waals surface area contributed by atoms with E-state index in [0.717, 1.165) is 12.8 Å². The highest BCUT2D eigenvalue weighted by Crippen LogP contribution is 2.50. The van der Waals surface area contributed by atoms with Crippen LogP contribution in [-0.4, -0.2) is 25.0 Å². The summed E-state index contributed by atoms with van der Waals surface area (Å²) in [6.45, 7) is 0.163. The van der Waals surface area contributed by atoms with Crippen molar-refractivity contribution in [2.75, 3.05) is 6.54 Å². The fraction of sp³-hybridized carbons (Fsp3) is 0.909. The average molecular weight is 359 g/mol. The van der Waals surface area contributed by atoms with Crippen molar-refractivity contribution in [2.24, 2.45) is 16.1 Å². The van der Waals surface area contributed by atoms with Crippen molar-refractivity contribution in [1.29, 1.82) is 0 Å². The molecule has 0 unspecified atom stereocenters. The second kappa shape index (κ2) is 6.15. The van der Waals surface area contributed by atoms with Crippen molar-refractivity contribution in [2.45, 2.75) is 51.0 Å². The van der Waals surface area contributed by atoms with Gasteiger partial charge in [-0.2, -0.15) is 0 Å². The van der Waals surface area contributed by atoms with Crippen LogP contribution in [0.3, 0.4) is 0 Å². The molecule has 6 heteroatoms. The number of guanidine groups is 1. The molecule has 0 atom stereocenters. The standard InChI is InChI=1S/C11H19F2N3.HI/c12-9(13)11(5-6-11)7-15-10(14)16-8-3-1-2-4-8;/h8-9H,1-7H2,(H3,14,15,16);1H. The van der Waals surface area contributed by atoms with E-state index in [2.05, 4.69) is 10.3 Å². The van der Waals surface area contributed by atoms with Crippen molar-refractivity contribution in [3.8, 4) is 0 Å². The van der Waals surface area contributed by atoms with E-state index in [1.807, 2.05) is 0 Å². The van der Waals surface area contributed by atoms with Crippen LogP contribution in [0.2, 0.25) is 0 Å². The minimum Gasteiger partial charge on any atom is -0.370 e. The molecule has 0 aromatic heterocycles. The maximum Gasteiger partial charge on any atom is 0.245 e. The first-order chi connectivity index (χ1) is 7.62. The summed E-state index contributed by atoms with van der Waals surface area (Å²) in [5, 5.41) is 3.10. The van der Waals surface area contributed by atoms with Gasteiger partial charge in [0.1, 0.15) is 0 Å². The molecule has 2 saturated carbocycles. The van der Waals surface area contributed by atoms with Crippen molar-refractivity contribution < 1.29 is 8.78 Å². The van der Waals surface area contributed by atoms with E-state index in [9.17, 15) is 8.78 Å². The van der Waals surface area contributed by atoms with Gasteiger partial charge in [0.15, 0.2) is 5.96 Å². The lowest BCUT2D eigenvalue weighted by atomic mass is 10.1. The highest BCUT2D eigenvalue weighted by molar-refractivity contribution is 14.0. The van der Waals surface area contributed by atoms with Crippen LogP contribution in [0, 0.1) is 5.41 Å². The van der Waals surface area contributed by atoms with Gasteiger partial charge >= 0.3 is 0 Å². The van der Waals surface area contributed by atoms with E-state index in [-0.39, 0.29) is 30.5 Å². The summed E-state index contributed by atoms with van der Waals surface area (Å²) < 4.78 is 25.2. The second-order valence-electron chi connectivity index (χ2n) is 4.99. The minimum absolute atomic E-state index is 0. The van der Waals surface area contributed by atoms with Gasteiger partial charge in [-0.15, -0.1) is 24.0 Å². The first-order valence-corrected chi connectivity index (χ1v) is 5.97. The van der Waals surface area contributed by atoms with Crippen LogP contribution < -0.4 is 11.1 Å². The molecule has 0 aromatic carbocycles. The molecule has 2 aliphatic rings. The lowest BCUT2D eigenvalue weighted by Crippen LogP contribution is -2.39. The molecule has 0 aliphatic heterocycles. The van der Waals surface area contributed by atoms with E-state index in [4.69, 9.17) is 5.73 Å². The Kier molecular flexibility index (Phi) is 5.40. The Labute approximate surface area is 118 Å². The molecule has 2 aliphatic carbocycles. The smallest absolute Gasteiger partial charge is 0.245 e. The minimum atomic E-state index is -2.27. The van der Waals surface area contributed by atoms with Crippen molar-refractivity contribution >= 4 is 29.9 Å². The number of rotatable bonds is 4. The van der Waals surface area contributed by atoms with Crippen LogP contribution in [0.1, 0.15) is 38.5 Å². The van der Waals surface area contributed by atoms with Gasteiger partial charge in [-0.3, -0.25) is 4.99 Å². The summed E-state index contributed by atoms with van der Waals surface area (Å²) in [7, 11) is 0. The first-order valence-electron chi connectivity index (χ1n) is 5.97. The zero-order chi connectivity index (χ0) is 11.6. The molecule has 17 heavy (non-hydrogen) atoms. The zero-order valence-electron chi connectivity index (χ0n) is 9.79. The van der Waals surface area contributed by atoms with Gasteiger partial charge in [0.05, 0.1) is 12.0 Å². The molecular formula is C11H20F2IN3. The maximum atomic E-state index is 12.6. The van der Waals surface area contributed by atoms with Crippen LogP contribution in [0.25, 0.3) is 0 Å². The third kappa shape index (κ3) is 3.93. The summed E-state index contributed by atoms with van der Waals surface area (Å²) in [6.07, 6.45) is 3.52. The maximum absolute atomic E-state index is 12.6. The Bertz CT molecular complexity index is 274. The van der Waals surface area contributed by atoms with Gasteiger partial charge in [-0.1, -0.05) is 12.8 Å². The van der Waals surface area contributed by atoms with Gasteiger partial charge in [0.25, 0.3) is 0 Å². The van der Waals surface area contributed by atoms with Gasteiger partial charge in [-0.25, -0.2) is 8.78 Å². The Morgan fingerprint density at radius 1 is 1.35 bits per heavy atom. The van der Waals surface area contributed by atoms with Crippen molar-refractivity contribution in [3.63, 3.8) is 0 Å². The number of hydrogen-bond acceptors (Lipinski definition) is 1. The molecule has 0 bridgehead atoms. The first kappa shape index (κ1) is 14.9. The number of alkyl halides is 2. The van der Waals surface area contributed by atoms with E-state index in [1.54, 1.807) is 0 Å². The summed E-state index contributed by atoms with van der Waals surface area (Å²) >= 11 is 0. The Morgan fingerprint density at radius 2 is 1.94 bits per heavy atom. The van der Waals surface area contributed by atoms with E-state index in [0.29, 0.717) is 24.8 Å². The topological polar surface area (TPSA) is 50.4 Å². The molecule has 0 aromatic rings. The Balaban J connectivity index is 0.00000144. The molecular weight excluding hydrogens is 339 g/mol. The number of hydrogen-bond donors (Lipinski definition) is 2. The summed E-state index contributed by atoms with van der Waals surface area (Å²) in [6, 6.07) is 0.394. The quantitative estimate of drug-likeness (QED) is 0.460. The van der Waals surface area contributed by atoms with Gasteiger partial charge in [0.2, 0.25) is 6.43 Å². The highest BCUT2D eigenvalue weighted by atomic mass is 127. The lowest BCUT2D eigenvalue weighted by molar-refractivity contribution is 0.0667. The van der Waals surface area contributed by atoms with E-state index >= 15 is 0 Å². The fourth-order valence-electron chi connectivity index (χ4n) is 2.17. The zero-order valence-corrected chi connectivity index (χ0v) is 12.1. The van der Waals surface area contributed by atoms with E-state index < -0.39 is 11.8 Å². The fourth-order valence-corrected chi connectivity index (χ4v) is 2.17. The Hall–Kier alpha value is -0.140. The third-order valence-corrected chi connectivity index (χ3v) is 3.63. The molecule has 100 valence electrons. The van der Waals surface area contributed by atoms with E-state index in [1.165, 1.54) is 12.8 Å². The molecule has 0 spiro atoms. The SMILES string of the molecule is I.NC(=NCC1(C(F)F)CC1)NC1CCCC1. The third-order valence-electron chi connectivity index (χ3n) is 3.63. The molecule has 2 rings (SSSR count). The molecule has 2 fully saturated rings. The number of aliphatic imine (C=N–C) groups is 1. The predicted octanol–water partition coefficient (Wildman–Crippen LogP) is 2.50. The predicted molar refractivity (Wildman–Crippen MR) is 75.0 cm³/mol. The summed E-state index contributed by atoms with van der Waals surface area (Å²) in [5.74, 6) is 0.332. The van der Waals surface area contributed by atoms with Gasteiger partial charge in [-0.05, 0) is 25.7 Å². The molecule has 0 saturated heterocycles. The average Bonchev–Trinajstić information content (AvgIpc) is 2.88. The number of nitrogens with two attached hydrogens (primary N) is 1. The van der Waals surface area contributed by atoms with Crippen LogP contribution >= 0.6 is 24.0 Å². The normalized spacial score (nSPS) is 23.6. The van der Waals surface area contributed by atoms with Crippen molar-refractivity contribution in [1.82, 2.24) is 5.32 Å². The lowest BCUT2D eigenvalue weighted by Gasteiger charge is -2.14. The number of nitrogens with one attached hydrogen (secondary N) is 1. The van der Waals surface area contributed by atoms with Crippen LogP contribution in [0.5, 0.6) is 0 Å². The molecule has 3 nitrogen and oxygen atoms in total. The number of nitrogens with zero attached hydrogens (tertiary/aromatic N) is 1. The molecule has 3 N–H and O–H groups in total. The summed E-state index contributed by atoms with van der Waals surface area (Å²) in [5.41, 5.74) is 4.82. The molecule has 0 radical (unpaired) electrons. The monoisotopic (exact) mass is 359 g/mol. The Morgan fingerprint density at radius 3 is 2.41 bits per heavy atom. The largest absolute Gasteiger partial charge is 0.370 e. The van der Waals surface area contributed by atoms with Crippen LogP contribution in [0.15, 0.2) is 4.99 Å². The summed E-state index contributed by atoms with van der Waals surface area (Å²) in [4.78, 5) is 4.05. The van der Waals surface area contributed by atoms with Gasteiger partial charge in [0, 0.05) is 6.04 Å². The van der Waals surface area contributed by atoms with Crippen LogP contribution in [-0.2, 0) is 0 Å². The molecule has 0 heterocycles. The second-order valence-corrected chi connectivity index (χ2v) is 4.99. The van der Waals surface area contributed by atoms with Crippen LogP contribution in [0.4, 0.5) is 8.78 Å².